The molecule has 0 bridgehead atoms. The van der Waals surface area contributed by atoms with Gasteiger partial charge in [-0.2, -0.15) is 0 Å². The van der Waals surface area contributed by atoms with Crippen LogP contribution in [0.25, 0.3) is 0 Å². The lowest BCUT2D eigenvalue weighted by Crippen LogP contribution is -2.52. The Morgan fingerprint density at radius 2 is 1.67 bits per heavy atom. The maximum atomic E-state index is 13.2. The number of para-hydroxylation sites is 1. The van der Waals surface area contributed by atoms with Crippen molar-refractivity contribution in [2.24, 2.45) is 0 Å². The van der Waals surface area contributed by atoms with E-state index in [-0.39, 0.29) is 18.0 Å². The van der Waals surface area contributed by atoms with Crippen molar-refractivity contribution >= 4 is 11.9 Å². The predicted octanol–water partition coefficient (Wildman–Crippen LogP) is 2.28. The molecule has 2 saturated heterocycles. The van der Waals surface area contributed by atoms with E-state index in [9.17, 15) is 9.59 Å². The van der Waals surface area contributed by atoms with Crippen molar-refractivity contribution in [3.63, 3.8) is 0 Å². The molecule has 7 heteroatoms. The average molecular weight is 409 g/mol. The molecule has 0 unspecified atom stereocenters. The standard InChI is InChI=1S/C23H27N3O4/c27-22(25-11-13-29-14-12-25)21-15-20(30-19-9-5-2-6-10-19)17-26(21)23(28)24-16-18-7-3-1-4-8-18/h1-10,20-21H,11-17H2,(H,24,28)/t20-,21-/m0/s1. The average Bonchev–Trinajstić information content (AvgIpc) is 3.22. The number of nitrogens with one attached hydrogen (secondary N) is 1. The van der Waals surface area contributed by atoms with E-state index in [1.807, 2.05) is 60.7 Å². The van der Waals surface area contributed by atoms with Gasteiger partial charge in [0.1, 0.15) is 17.9 Å². The summed E-state index contributed by atoms with van der Waals surface area (Å²) in [5.74, 6) is 0.707. The van der Waals surface area contributed by atoms with Gasteiger partial charge in [0.05, 0.1) is 19.8 Å². The zero-order valence-electron chi connectivity index (χ0n) is 16.9. The Kier molecular flexibility index (Phi) is 6.49. The van der Waals surface area contributed by atoms with E-state index >= 15 is 0 Å². The molecule has 30 heavy (non-hydrogen) atoms. The van der Waals surface area contributed by atoms with Crippen molar-refractivity contribution in [1.82, 2.24) is 15.1 Å². The van der Waals surface area contributed by atoms with Crippen LogP contribution in [0.3, 0.4) is 0 Å². The Morgan fingerprint density at radius 1 is 1.00 bits per heavy atom. The molecule has 0 saturated carbocycles. The number of hydrogen-bond acceptors (Lipinski definition) is 4. The number of amides is 3. The normalized spacial score (nSPS) is 21.3. The number of morpholine rings is 1. The monoisotopic (exact) mass is 409 g/mol. The second kappa shape index (κ2) is 9.63. The third kappa shape index (κ3) is 4.91. The van der Waals surface area contributed by atoms with Crippen molar-refractivity contribution in [3.05, 3.63) is 66.2 Å². The topological polar surface area (TPSA) is 71.1 Å². The summed E-state index contributed by atoms with van der Waals surface area (Å²) < 4.78 is 11.4. The van der Waals surface area contributed by atoms with Gasteiger partial charge in [-0.1, -0.05) is 48.5 Å². The van der Waals surface area contributed by atoms with Crippen LogP contribution in [0.5, 0.6) is 5.75 Å². The fourth-order valence-corrected chi connectivity index (χ4v) is 3.90. The summed E-state index contributed by atoms with van der Waals surface area (Å²) in [6.07, 6.45) is 0.244. The lowest BCUT2D eigenvalue weighted by atomic mass is 10.1. The van der Waals surface area contributed by atoms with Crippen molar-refractivity contribution in [2.75, 3.05) is 32.8 Å². The van der Waals surface area contributed by atoms with Crippen molar-refractivity contribution in [2.45, 2.75) is 25.1 Å². The fourth-order valence-electron chi connectivity index (χ4n) is 3.90. The molecule has 2 fully saturated rings. The van der Waals surface area contributed by atoms with Crippen molar-refractivity contribution < 1.29 is 19.1 Å². The number of benzene rings is 2. The molecule has 2 aromatic rings. The van der Waals surface area contributed by atoms with E-state index in [2.05, 4.69) is 5.32 Å². The summed E-state index contributed by atoms with van der Waals surface area (Å²) in [7, 11) is 0. The molecule has 7 nitrogen and oxygen atoms in total. The molecular formula is C23H27N3O4. The van der Waals surface area contributed by atoms with E-state index in [0.29, 0.717) is 45.8 Å². The van der Waals surface area contributed by atoms with E-state index in [4.69, 9.17) is 9.47 Å². The third-order valence-corrected chi connectivity index (χ3v) is 5.46. The van der Waals surface area contributed by atoms with Gasteiger partial charge in [-0.25, -0.2) is 4.79 Å². The molecular weight excluding hydrogens is 382 g/mol. The second-order valence-electron chi connectivity index (χ2n) is 7.54. The molecule has 1 N–H and O–H groups in total. The summed E-state index contributed by atoms with van der Waals surface area (Å²) in [6, 6.07) is 18.5. The fraction of sp³-hybridized carbons (Fsp3) is 0.391. The minimum absolute atomic E-state index is 0.0349. The van der Waals surface area contributed by atoms with Crippen LogP contribution in [0.4, 0.5) is 4.79 Å². The first-order valence-corrected chi connectivity index (χ1v) is 10.4. The van der Waals surface area contributed by atoms with Gasteiger partial charge in [-0.15, -0.1) is 0 Å². The highest BCUT2D eigenvalue weighted by molar-refractivity contribution is 5.88. The first-order valence-electron chi connectivity index (χ1n) is 10.4. The quantitative estimate of drug-likeness (QED) is 0.823. The zero-order valence-corrected chi connectivity index (χ0v) is 16.9. The van der Waals surface area contributed by atoms with Crippen LogP contribution in [0.1, 0.15) is 12.0 Å². The van der Waals surface area contributed by atoms with Crippen LogP contribution in [0.2, 0.25) is 0 Å². The van der Waals surface area contributed by atoms with Gasteiger partial charge in [0.2, 0.25) is 5.91 Å². The molecule has 2 heterocycles. The summed E-state index contributed by atoms with van der Waals surface area (Å²) in [6.45, 7) is 2.96. The largest absolute Gasteiger partial charge is 0.488 e. The molecule has 0 aromatic heterocycles. The van der Waals surface area contributed by atoms with E-state index in [0.717, 1.165) is 11.3 Å². The van der Waals surface area contributed by atoms with E-state index in [1.165, 1.54) is 0 Å². The Labute approximate surface area is 176 Å². The van der Waals surface area contributed by atoms with Gasteiger partial charge in [-0.05, 0) is 17.7 Å². The van der Waals surface area contributed by atoms with Gasteiger partial charge >= 0.3 is 6.03 Å². The smallest absolute Gasteiger partial charge is 0.318 e. The van der Waals surface area contributed by atoms with Crippen LogP contribution in [-0.2, 0) is 16.1 Å². The first kappa shape index (κ1) is 20.2. The maximum Gasteiger partial charge on any atom is 0.318 e. The van der Waals surface area contributed by atoms with Crippen LogP contribution >= 0.6 is 0 Å². The number of likely N-dealkylation sites (tertiary alicyclic amines) is 1. The zero-order chi connectivity index (χ0) is 20.8. The summed E-state index contributed by atoms with van der Waals surface area (Å²) >= 11 is 0. The molecule has 158 valence electrons. The number of urea groups is 1. The molecule has 4 rings (SSSR count). The number of nitrogens with zero attached hydrogens (tertiary/aromatic N) is 2. The molecule has 3 amide bonds. The second-order valence-corrected chi connectivity index (χ2v) is 7.54. The lowest BCUT2D eigenvalue weighted by molar-refractivity contribution is -0.139. The number of ether oxygens (including phenoxy) is 2. The van der Waals surface area contributed by atoms with Gasteiger partial charge in [0.15, 0.2) is 0 Å². The highest BCUT2D eigenvalue weighted by Crippen LogP contribution is 2.25. The Morgan fingerprint density at radius 3 is 2.37 bits per heavy atom. The summed E-state index contributed by atoms with van der Waals surface area (Å²) in [5.41, 5.74) is 1.01. The molecule has 0 radical (unpaired) electrons. The maximum absolute atomic E-state index is 13.2. The Bertz CT molecular complexity index is 840. The molecule has 0 aliphatic carbocycles. The molecule has 0 spiro atoms. The Balaban J connectivity index is 1.45. The highest BCUT2D eigenvalue weighted by atomic mass is 16.5. The third-order valence-electron chi connectivity index (χ3n) is 5.46. The molecule has 2 aliphatic rings. The number of carbonyl (C=O) groups excluding carboxylic acids is 2. The minimum Gasteiger partial charge on any atom is -0.488 e. The lowest BCUT2D eigenvalue weighted by Gasteiger charge is -2.32. The predicted molar refractivity (Wildman–Crippen MR) is 112 cm³/mol. The van der Waals surface area contributed by atoms with Crippen LogP contribution < -0.4 is 10.1 Å². The highest BCUT2D eigenvalue weighted by Gasteiger charge is 2.42. The van der Waals surface area contributed by atoms with E-state index < -0.39 is 6.04 Å². The minimum atomic E-state index is -0.535. The van der Waals surface area contributed by atoms with Crippen LogP contribution in [0.15, 0.2) is 60.7 Å². The molecule has 2 aromatic carbocycles. The summed E-state index contributed by atoms with van der Waals surface area (Å²) in [5, 5.41) is 2.95. The van der Waals surface area contributed by atoms with Crippen LogP contribution in [0, 0.1) is 0 Å². The van der Waals surface area contributed by atoms with Gasteiger partial charge < -0.3 is 24.6 Å². The van der Waals surface area contributed by atoms with Gasteiger partial charge in [0, 0.05) is 26.1 Å². The van der Waals surface area contributed by atoms with Crippen LogP contribution in [-0.4, -0.2) is 66.7 Å². The van der Waals surface area contributed by atoms with Gasteiger partial charge in [0.25, 0.3) is 0 Å². The van der Waals surface area contributed by atoms with Crippen molar-refractivity contribution in [3.8, 4) is 5.75 Å². The van der Waals surface area contributed by atoms with Gasteiger partial charge in [-0.3, -0.25) is 4.79 Å². The first-order chi connectivity index (χ1) is 14.7. The summed E-state index contributed by atoms with van der Waals surface area (Å²) in [4.78, 5) is 29.6. The SMILES string of the molecule is O=C([C@@H]1C[C@H](Oc2ccccc2)CN1C(=O)NCc1ccccc1)N1CCOCC1. The molecule has 2 aliphatic heterocycles. The number of rotatable bonds is 5. The van der Waals surface area contributed by atoms with Crippen molar-refractivity contribution in [1.29, 1.82) is 0 Å². The number of carbonyl (C=O) groups is 2. The Hall–Kier alpha value is -3.06. The molecule has 2 atom stereocenters. The number of hydrogen-bond donors (Lipinski definition) is 1. The van der Waals surface area contributed by atoms with E-state index in [1.54, 1.807) is 9.80 Å².